The van der Waals surface area contributed by atoms with E-state index in [9.17, 15) is 5.11 Å². The van der Waals surface area contributed by atoms with E-state index in [1.54, 1.807) is 6.20 Å². The zero-order valence-electron chi connectivity index (χ0n) is 18.2. The molecule has 0 spiro atoms. The van der Waals surface area contributed by atoms with Crippen molar-refractivity contribution in [1.82, 2.24) is 9.97 Å². The van der Waals surface area contributed by atoms with Gasteiger partial charge in [-0.1, -0.05) is 49.6 Å². The van der Waals surface area contributed by atoms with Crippen LogP contribution in [0.5, 0.6) is 0 Å². The van der Waals surface area contributed by atoms with Crippen LogP contribution in [0.15, 0.2) is 54.7 Å². The zero-order valence-corrected chi connectivity index (χ0v) is 18.2. The fourth-order valence-electron chi connectivity index (χ4n) is 4.56. The summed E-state index contributed by atoms with van der Waals surface area (Å²) in [6.07, 6.45) is 7.73. The first-order valence-electron chi connectivity index (χ1n) is 10.9. The van der Waals surface area contributed by atoms with Crippen molar-refractivity contribution in [1.29, 1.82) is 0 Å². The van der Waals surface area contributed by atoms with Gasteiger partial charge in [0.05, 0.1) is 5.60 Å². The molecule has 1 atom stereocenters. The van der Waals surface area contributed by atoms with Gasteiger partial charge in [0.25, 0.3) is 0 Å². The third-order valence-corrected chi connectivity index (χ3v) is 6.33. The summed E-state index contributed by atoms with van der Waals surface area (Å²) in [7, 11) is 0. The van der Waals surface area contributed by atoms with E-state index >= 15 is 0 Å². The topological polar surface area (TPSA) is 58.0 Å². The van der Waals surface area contributed by atoms with Crippen LogP contribution in [0.4, 0.5) is 11.6 Å². The molecule has 0 radical (unpaired) electrons. The Morgan fingerprint density at radius 3 is 2.37 bits per heavy atom. The van der Waals surface area contributed by atoms with Crippen LogP contribution in [0.1, 0.15) is 55.8 Å². The minimum absolute atomic E-state index is 0.348. The quantitative estimate of drug-likeness (QED) is 0.527. The van der Waals surface area contributed by atoms with Crippen LogP contribution in [0, 0.1) is 19.8 Å². The molecule has 1 heterocycles. The lowest BCUT2D eigenvalue weighted by atomic mass is 9.74. The Morgan fingerprint density at radius 2 is 1.67 bits per heavy atom. The maximum absolute atomic E-state index is 11.2. The second-order valence-corrected chi connectivity index (χ2v) is 8.79. The van der Waals surface area contributed by atoms with Crippen molar-refractivity contribution in [2.45, 2.75) is 58.5 Å². The van der Waals surface area contributed by atoms with Crippen molar-refractivity contribution in [3.05, 3.63) is 71.5 Å². The number of nitrogens with zero attached hydrogens (tertiary/aromatic N) is 2. The van der Waals surface area contributed by atoms with Gasteiger partial charge in [-0.2, -0.15) is 0 Å². The van der Waals surface area contributed by atoms with E-state index in [-0.39, 0.29) is 0 Å². The van der Waals surface area contributed by atoms with Gasteiger partial charge in [-0.3, -0.25) is 0 Å². The van der Waals surface area contributed by atoms with Gasteiger partial charge >= 0.3 is 0 Å². The summed E-state index contributed by atoms with van der Waals surface area (Å²) in [6, 6.07) is 16.7. The number of aliphatic hydroxyl groups is 1. The molecule has 2 N–H and O–H groups in total. The lowest BCUT2D eigenvalue weighted by Gasteiger charge is -2.36. The van der Waals surface area contributed by atoms with Gasteiger partial charge in [-0.25, -0.2) is 9.97 Å². The van der Waals surface area contributed by atoms with Crippen molar-refractivity contribution in [3.63, 3.8) is 0 Å². The summed E-state index contributed by atoms with van der Waals surface area (Å²) < 4.78 is 0. The van der Waals surface area contributed by atoms with Crippen LogP contribution in [-0.4, -0.2) is 15.1 Å². The molecule has 1 saturated carbocycles. The maximum Gasteiger partial charge on any atom is 0.227 e. The second kappa shape index (κ2) is 8.57. The van der Waals surface area contributed by atoms with Gasteiger partial charge in [0.1, 0.15) is 0 Å². The normalized spacial score (nSPS) is 16.8. The molecular formula is C26H31N3O. The molecule has 1 aliphatic carbocycles. The first-order valence-corrected chi connectivity index (χ1v) is 10.9. The van der Waals surface area contributed by atoms with Gasteiger partial charge in [0, 0.05) is 17.6 Å². The van der Waals surface area contributed by atoms with E-state index in [0.717, 1.165) is 40.9 Å². The highest BCUT2D eigenvalue weighted by Crippen LogP contribution is 2.39. The average molecular weight is 402 g/mol. The Hall–Kier alpha value is -2.72. The predicted octanol–water partition coefficient (Wildman–Crippen LogP) is 6.29. The smallest absolute Gasteiger partial charge is 0.227 e. The molecule has 4 heteroatoms. The largest absolute Gasteiger partial charge is 0.385 e. The standard InChI is InChI=1S/C26H31N3O/c1-18-15-21(17-24(16-18)29-25-27-14-13-19(2)28-25)20-9-11-23(12-10-20)26(3,30)22-7-5-4-6-8-22/h9-17,22,30H,4-8H2,1-3H3,(H,27,28,29)/t26-/m1/s1. The number of rotatable bonds is 5. The molecular weight excluding hydrogens is 370 g/mol. The highest BCUT2D eigenvalue weighted by Gasteiger charge is 2.34. The van der Waals surface area contributed by atoms with Crippen molar-refractivity contribution in [2.75, 3.05) is 5.32 Å². The van der Waals surface area contributed by atoms with Gasteiger partial charge in [0.15, 0.2) is 0 Å². The number of anilines is 2. The van der Waals surface area contributed by atoms with Crippen LogP contribution in [0.2, 0.25) is 0 Å². The van der Waals surface area contributed by atoms with Crippen molar-refractivity contribution in [3.8, 4) is 11.1 Å². The molecule has 156 valence electrons. The molecule has 1 aliphatic rings. The SMILES string of the molecule is Cc1cc(Nc2nccc(C)n2)cc(-c2ccc([C@](C)(O)C3CCCCC3)cc2)c1. The first kappa shape index (κ1) is 20.5. The molecule has 0 unspecified atom stereocenters. The fourth-order valence-corrected chi connectivity index (χ4v) is 4.56. The highest BCUT2D eigenvalue weighted by molar-refractivity contribution is 5.71. The number of aromatic nitrogens is 2. The predicted molar refractivity (Wildman–Crippen MR) is 123 cm³/mol. The van der Waals surface area contributed by atoms with E-state index < -0.39 is 5.60 Å². The van der Waals surface area contributed by atoms with Crippen LogP contribution in [0.25, 0.3) is 11.1 Å². The summed E-state index contributed by atoms with van der Waals surface area (Å²) >= 11 is 0. The lowest BCUT2D eigenvalue weighted by molar-refractivity contribution is -0.0215. The Kier molecular flexibility index (Phi) is 5.87. The fraction of sp³-hybridized carbons (Fsp3) is 0.385. The molecule has 0 bridgehead atoms. The number of hydrogen-bond donors (Lipinski definition) is 2. The first-order chi connectivity index (χ1) is 14.4. The third kappa shape index (κ3) is 4.54. The molecule has 0 saturated heterocycles. The van der Waals surface area contributed by atoms with E-state index in [1.807, 2.05) is 19.9 Å². The van der Waals surface area contributed by atoms with Crippen molar-refractivity contribution < 1.29 is 5.11 Å². The van der Waals surface area contributed by atoms with Crippen LogP contribution in [0.3, 0.4) is 0 Å². The second-order valence-electron chi connectivity index (χ2n) is 8.79. The van der Waals surface area contributed by atoms with Gasteiger partial charge in [-0.05, 0) is 80.0 Å². The number of hydrogen-bond acceptors (Lipinski definition) is 4. The van der Waals surface area contributed by atoms with E-state index in [1.165, 1.54) is 24.8 Å². The summed E-state index contributed by atoms with van der Waals surface area (Å²) in [5, 5.41) is 14.5. The molecule has 0 amide bonds. The number of benzene rings is 2. The van der Waals surface area contributed by atoms with Crippen molar-refractivity contribution in [2.24, 2.45) is 5.92 Å². The van der Waals surface area contributed by atoms with Gasteiger partial charge in [-0.15, -0.1) is 0 Å². The highest BCUT2D eigenvalue weighted by atomic mass is 16.3. The molecule has 30 heavy (non-hydrogen) atoms. The third-order valence-electron chi connectivity index (χ3n) is 6.33. The maximum atomic E-state index is 11.2. The summed E-state index contributed by atoms with van der Waals surface area (Å²) in [5.74, 6) is 0.951. The van der Waals surface area contributed by atoms with E-state index in [4.69, 9.17) is 0 Å². The minimum atomic E-state index is -0.763. The zero-order chi connectivity index (χ0) is 21.1. The molecule has 1 aromatic heterocycles. The Morgan fingerprint density at radius 1 is 0.933 bits per heavy atom. The van der Waals surface area contributed by atoms with Crippen LogP contribution in [-0.2, 0) is 5.60 Å². The van der Waals surface area contributed by atoms with Crippen molar-refractivity contribution >= 4 is 11.6 Å². The van der Waals surface area contributed by atoms with E-state index in [2.05, 4.69) is 64.7 Å². The molecule has 1 fully saturated rings. The van der Waals surface area contributed by atoms with Crippen LogP contribution < -0.4 is 5.32 Å². The minimum Gasteiger partial charge on any atom is -0.385 e. The van der Waals surface area contributed by atoms with Crippen LogP contribution >= 0.6 is 0 Å². The summed E-state index contributed by atoms with van der Waals surface area (Å²) in [4.78, 5) is 8.73. The monoisotopic (exact) mass is 401 g/mol. The summed E-state index contributed by atoms with van der Waals surface area (Å²) in [6.45, 7) is 6.03. The Bertz CT molecular complexity index is 1010. The molecule has 4 nitrogen and oxygen atoms in total. The summed E-state index contributed by atoms with van der Waals surface area (Å²) in [5.41, 5.74) is 5.58. The van der Waals surface area contributed by atoms with E-state index in [0.29, 0.717) is 11.9 Å². The van der Waals surface area contributed by atoms with Gasteiger partial charge < -0.3 is 10.4 Å². The van der Waals surface area contributed by atoms with Gasteiger partial charge in [0.2, 0.25) is 5.95 Å². The molecule has 4 rings (SSSR count). The Balaban J connectivity index is 1.57. The molecule has 0 aliphatic heterocycles. The molecule has 3 aromatic rings. The number of nitrogens with one attached hydrogen (secondary N) is 1. The molecule has 2 aromatic carbocycles. The number of aryl methyl sites for hydroxylation is 2. The average Bonchev–Trinajstić information content (AvgIpc) is 2.74. The lowest BCUT2D eigenvalue weighted by Crippen LogP contribution is -2.33. The Labute approximate surface area is 179 Å².